The van der Waals surface area contributed by atoms with Crippen molar-refractivity contribution >= 4 is 29.2 Å². The molecule has 0 bridgehead atoms. The van der Waals surface area contributed by atoms with E-state index in [0.717, 1.165) is 5.56 Å². The number of hydrogen-bond acceptors (Lipinski definition) is 3. The molecule has 2 aromatic rings. The molecule has 0 radical (unpaired) electrons. The lowest BCUT2D eigenvalue weighted by atomic mass is 10.2. The maximum Gasteiger partial charge on any atom is 0.374 e. The minimum Gasteiger partial charge on any atom is -0.459 e. The van der Waals surface area contributed by atoms with Crippen molar-refractivity contribution in [2.24, 2.45) is 0 Å². The Morgan fingerprint density at radius 2 is 1.93 bits per heavy atom. The van der Waals surface area contributed by atoms with E-state index in [1.807, 2.05) is 30.3 Å². The van der Waals surface area contributed by atoms with E-state index in [9.17, 15) is 9.59 Å². The summed E-state index contributed by atoms with van der Waals surface area (Å²) in [5, 5.41) is 0.572. The van der Waals surface area contributed by atoms with Gasteiger partial charge in [0.25, 0.3) is 0 Å². The summed E-state index contributed by atoms with van der Waals surface area (Å²) in [4.78, 5) is 29.6. The van der Waals surface area contributed by atoms with E-state index in [-0.39, 0.29) is 13.2 Å². The van der Waals surface area contributed by atoms with Crippen LogP contribution in [0.2, 0.25) is 5.02 Å². The van der Waals surface area contributed by atoms with Gasteiger partial charge in [-0.3, -0.25) is 10.2 Å². The molecular weight excluding hydrogens is 378 g/mol. The summed E-state index contributed by atoms with van der Waals surface area (Å²) < 4.78 is 5.29. The molecule has 7 heteroatoms. The summed E-state index contributed by atoms with van der Waals surface area (Å²) in [5.41, 5.74) is 5.26. The van der Waals surface area contributed by atoms with Crippen molar-refractivity contribution in [3.8, 4) is 6.07 Å². The summed E-state index contributed by atoms with van der Waals surface area (Å²) in [6, 6.07) is 17.4. The van der Waals surface area contributed by atoms with Crippen LogP contribution in [0.25, 0.3) is 10.4 Å². The van der Waals surface area contributed by atoms with Gasteiger partial charge in [0.05, 0.1) is 0 Å². The number of halogens is 1. The minimum absolute atomic E-state index is 0.129. The molecular formula is C21H20ClN3O3. The minimum atomic E-state index is -0.826. The van der Waals surface area contributed by atoms with Crippen LogP contribution in [0.1, 0.15) is 12.5 Å². The first-order valence-electron chi connectivity index (χ1n) is 8.55. The fourth-order valence-corrected chi connectivity index (χ4v) is 2.36. The van der Waals surface area contributed by atoms with Gasteiger partial charge in [0.2, 0.25) is 0 Å². The Hall–Kier alpha value is -3.30. The Kier molecular flexibility index (Phi) is 8.07. The van der Waals surface area contributed by atoms with Gasteiger partial charge in [-0.15, -0.1) is 6.58 Å². The molecule has 1 atom stereocenters. The standard InChI is InChI=1S/C21H20ClN3O3/c1-3-13-25(16(2)21(27)28-15-17-7-5-4-6-8-17)20(26)14-23-24-19-11-9-18(22)10-12-19/h3-12,16H,1,13,15H2,2H3/t16-/m0/s1. The SMILES string of the molecule is C=CCN(C(=O)C#[N+][N-]c1ccc(Cl)cc1)[C@@H](C)C(=O)OCc1ccccc1. The molecule has 0 saturated heterocycles. The largest absolute Gasteiger partial charge is 0.459 e. The van der Waals surface area contributed by atoms with Gasteiger partial charge in [-0.2, -0.15) is 0 Å². The zero-order valence-corrected chi connectivity index (χ0v) is 16.2. The highest BCUT2D eigenvalue weighted by Gasteiger charge is 2.27. The van der Waals surface area contributed by atoms with Crippen LogP contribution in [-0.2, 0) is 20.9 Å². The second-order valence-electron chi connectivity index (χ2n) is 5.80. The van der Waals surface area contributed by atoms with Gasteiger partial charge < -0.3 is 9.64 Å². The third-order valence-electron chi connectivity index (χ3n) is 3.76. The van der Waals surface area contributed by atoms with E-state index >= 15 is 0 Å². The van der Waals surface area contributed by atoms with Crippen molar-refractivity contribution in [2.75, 3.05) is 6.54 Å². The molecule has 0 saturated carbocycles. The number of carbonyl (C=O) groups is 2. The summed E-state index contributed by atoms with van der Waals surface area (Å²) >= 11 is 5.80. The van der Waals surface area contributed by atoms with Crippen molar-refractivity contribution in [1.29, 1.82) is 0 Å². The van der Waals surface area contributed by atoms with Crippen molar-refractivity contribution < 1.29 is 14.3 Å². The summed E-state index contributed by atoms with van der Waals surface area (Å²) in [5.74, 6) is -1.13. The highest BCUT2D eigenvalue weighted by molar-refractivity contribution is 6.30. The average Bonchev–Trinajstić information content (AvgIpc) is 2.71. The van der Waals surface area contributed by atoms with E-state index in [1.54, 1.807) is 31.2 Å². The fourth-order valence-electron chi connectivity index (χ4n) is 2.23. The number of hydrogen-bond donors (Lipinski definition) is 0. The Labute approximate surface area is 169 Å². The van der Waals surface area contributed by atoms with E-state index in [2.05, 4.69) is 23.0 Å². The molecule has 2 rings (SSSR count). The Balaban J connectivity index is 1.96. The van der Waals surface area contributed by atoms with Crippen molar-refractivity contribution in [3.05, 3.63) is 88.2 Å². The lowest BCUT2D eigenvalue weighted by Crippen LogP contribution is -2.43. The highest BCUT2D eigenvalue weighted by Crippen LogP contribution is 2.20. The van der Waals surface area contributed by atoms with Crippen LogP contribution in [0, 0.1) is 6.07 Å². The van der Waals surface area contributed by atoms with E-state index < -0.39 is 17.9 Å². The predicted octanol–water partition coefficient (Wildman–Crippen LogP) is 4.74. The normalized spacial score (nSPS) is 10.8. The average molecular weight is 398 g/mol. The van der Waals surface area contributed by atoms with Crippen LogP contribution in [-0.4, -0.2) is 29.4 Å². The molecule has 6 nitrogen and oxygen atoms in total. The first-order chi connectivity index (χ1) is 13.5. The van der Waals surface area contributed by atoms with Crippen molar-refractivity contribution in [3.63, 3.8) is 0 Å². The first-order valence-corrected chi connectivity index (χ1v) is 8.93. The van der Waals surface area contributed by atoms with E-state index in [0.29, 0.717) is 10.7 Å². The van der Waals surface area contributed by atoms with Gasteiger partial charge in [0, 0.05) is 11.6 Å². The summed E-state index contributed by atoms with van der Waals surface area (Å²) in [7, 11) is 0. The second kappa shape index (κ2) is 10.8. The molecule has 0 N–H and O–H groups in total. The van der Waals surface area contributed by atoms with Crippen molar-refractivity contribution in [2.45, 2.75) is 19.6 Å². The lowest BCUT2D eigenvalue weighted by molar-refractivity contribution is -0.153. The quantitative estimate of drug-likeness (QED) is 0.293. The van der Waals surface area contributed by atoms with Gasteiger partial charge in [-0.25, -0.2) is 4.79 Å². The molecule has 0 fully saturated rings. The molecule has 0 aliphatic heterocycles. The maximum atomic E-state index is 12.4. The van der Waals surface area contributed by atoms with E-state index in [1.165, 1.54) is 11.0 Å². The zero-order valence-electron chi connectivity index (χ0n) is 15.4. The molecule has 1 amide bonds. The van der Waals surface area contributed by atoms with Gasteiger partial charge in [0.1, 0.15) is 12.6 Å². The number of carbonyl (C=O) groups excluding carboxylic acids is 2. The van der Waals surface area contributed by atoms with Crippen LogP contribution in [0.4, 0.5) is 5.69 Å². The molecule has 0 aliphatic carbocycles. The predicted molar refractivity (Wildman–Crippen MR) is 109 cm³/mol. The molecule has 0 aromatic heterocycles. The molecule has 0 aliphatic rings. The lowest BCUT2D eigenvalue weighted by Gasteiger charge is -2.23. The smallest absolute Gasteiger partial charge is 0.374 e. The van der Waals surface area contributed by atoms with Crippen LogP contribution < -0.4 is 0 Å². The zero-order chi connectivity index (χ0) is 20.4. The molecule has 144 valence electrons. The monoisotopic (exact) mass is 397 g/mol. The Bertz CT molecular complexity index is 873. The van der Waals surface area contributed by atoms with E-state index in [4.69, 9.17) is 16.3 Å². The number of nitrogens with zero attached hydrogens (tertiary/aromatic N) is 3. The molecule has 0 heterocycles. The van der Waals surface area contributed by atoms with Gasteiger partial charge in [-0.1, -0.05) is 70.8 Å². The molecule has 2 aromatic carbocycles. The van der Waals surface area contributed by atoms with Crippen LogP contribution in [0.15, 0.2) is 67.3 Å². The third-order valence-corrected chi connectivity index (χ3v) is 4.01. The highest BCUT2D eigenvalue weighted by atomic mass is 35.5. The maximum absolute atomic E-state index is 12.4. The summed E-state index contributed by atoms with van der Waals surface area (Å²) in [6.45, 7) is 5.46. The third kappa shape index (κ3) is 6.45. The number of benzene rings is 2. The van der Waals surface area contributed by atoms with Crippen LogP contribution in [0.3, 0.4) is 0 Å². The second-order valence-corrected chi connectivity index (χ2v) is 6.24. The van der Waals surface area contributed by atoms with Gasteiger partial charge in [-0.05, 0) is 24.6 Å². The number of ether oxygens (including phenoxy) is 1. The summed E-state index contributed by atoms with van der Waals surface area (Å²) in [6.07, 6.45) is 1.51. The first kappa shape index (κ1) is 21.0. The van der Waals surface area contributed by atoms with Crippen LogP contribution in [0.5, 0.6) is 0 Å². The number of amides is 1. The fraction of sp³-hybridized carbons (Fsp3) is 0.190. The topological polar surface area (TPSA) is 65.1 Å². The Morgan fingerprint density at radius 1 is 1.25 bits per heavy atom. The van der Waals surface area contributed by atoms with Gasteiger partial charge >= 0.3 is 17.9 Å². The number of esters is 1. The van der Waals surface area contributed by atoms with Crippen LogP contribution >= 0.6 is 11.6 Å². The molecule has 0 unspecified atom stereocenters. The van der Waals surface area contributed by atoms with Crippen molar-refractivity contribution in [1.82, 2.24) is 4.90 Å². The number of rotatable bonds is 7. The molecule has 28 heavy (non-hydrogen) atoms. The van der Waals surface area contributed by atoms with Gasteiger partial charge in [0.15, 0.2) is 0 Å². The molecule has 0 spiro atoms. The Morgan fingerprint density at radius 3 is 2.57 bits per heavy atom.